The number of aliphatic hydroxyl groups excluding tert-OH is 1. The minimum Gasteiger partial charge on any atom is -0.508 e. The lowest BCUT2D eigenvalue weighted by atomic mass is 9.95. The standard InChI is InChI=1S/C24H18FNO4/c1-14-2-4-16(5-3-14)22(28)20-21(15-6-8-17(25)9-7-15)26(24(30)23(20)29)18-10-12-19(27)13-11-18/h2-13,21,27-28H,1H3. The van der Waals surface area contributed by atoms with E-state index in [2.05, 4.69) is 0 Å². The lowest BCUT2D eigenvalue weighted by Crippen LogP contribution is -2.29. The highest BCUT2D eigenvalue weighted by Crippen LogP contribution is 2.42. The number of aromatic hydroxyl groups is 1. The molecule has 0 saturated carbocycles. The van der Waals surface area contributed by atoms with Crippen LogP contribution in [0.4, 0.5) is 10.1 Å². The molecule has 1 atom stereocenters. The van der Waals surface area contributed by atoms with Gasteiger partial charge in [-0.2, -0.15) is 0 Å². The molecule has 0 aromatic heterocycles. The van der Waals surface area contributed by atoms with Crippen LogP contribution in [0.5, 0.6) is 5.75 Å². The van der Waals surface area contributed by atoms with Crippen LogP contribution in [0.1, 0.15) is 22.7 Å². The molecule has 1 fully saturated rings. The number of carbonyl (C=O) groups excluding carboxylic acids is 2. The molecular formula is C24H18FNO4. The third kappa shape index (κ3) is 3.33. The first-order chi connectivity index (χ1) is 14.4. The molecule has 1 unspecified atom stereocenters. The largest absolute Gasteiger partial charge is 0.508 e. The molecule has 0 bridgehead atoms. The molecule has 4 rings (SSSR count). The van der Waals surface area contributed by atoms with Gasteiger partial charge in [0.15, 0.2) is 0 Å². The highest BCUT2D eigenvalue weighted by atomic mass is 19.1. The van der Waals surface area contributed by atoms with Crippen LogP contribution < -0.4 is 4.90 Å². The molecule has 2 N–H and O–H groups in total. The van der Waals surface area contributed by atoms with Crippen LogP contribution in [0.2, 0.25) is 0 Å². The number of halogens is 1. The maximum Gasteiger partial charge on any atom is 0.300 e. The summed E-state index contributed by atoms with van der Waals surface area (Å²) in [6, 6.07) is 17.2. The van der Waals surface area contributed by atoms with Gasteiger partial charge < -0.3 is 10.2 Å². The van der Waals surface area contributed by atoms with Gasteiger partial charge in [-0.05, 0) is 48.9 Å². The molecule has 3 aromatic carbocycles. The molecule has 0 radical (unpaired) electrons. The fourth-order valence-electron chi connectivity index (χ4n) is 3.54. The normalized spacial score (nSPS) is 18.1. The number of phenolic OH excluding ortho intramolecular Hbond substituents is 1. The van der Waals surface area contributed by atoms with Crippen molar-refractivity contribution in [3.05, 3.63) is 101 Å². The van der Waals surface area contributed by atoms with Gasteiger partial charge in [-0.15, -0.1) is 0 Å². The number of anilines is 1. The molecule has 150 valence electrons. The Bertz CT molecular complexity index is 1150. The summed E-state index contributed by atoms with van der Waals surface area (Å²) in [5.74, 6) is -2.41. The molecule has 0 aliphatic carbocycles. The number of nitrogens with zero attached hydrogens (tertiary/aromatic N) is 1. The Morgan fingerprint density at radius 2 is 1.50 bits per heavy atom. The van der Waals surface area contributed by atoms with Gasteiger partial charge in [0.1, 0.15) is 17.3 Å². The Kier molecular flexibility index (Phi) is 4.83. The van der Waals surface area contributed by atoms with Crippen molar-refractivity contribution in [1.82, 2.24) is 0 Å². The molecule has 1 saturated heterocycles. The van der Waals surface area contributed by atoms with Crippen molar-refractivity contribution in [3.63, 3.8) is 0 Å². The van der Waals surface area contributed by atoms with Crippen molar-refractivity contribution in [1.29, 1.82) is 0 Å². The summed E-state index contributed by atoms with van der Waals surface area (Å²) in [6.45, 7) is 1.89. The maximum absolute atomic E-state index is 13.5. The minimum absolute atomic E-state index is 0.00771. The fraction of sp³-hybridized carbons (Fsp3) is 0.0833. The van der Waals surface area contributed by atoms with E-state index in [0.29, 0.717) is 16.8 Å². The number of hydrogen-bond acceptors (Lipinski definition) is 4. The summed E-state index contributed by atoms with van der Waals surface area (Å²) < 4.78 is 13.5. The summed E-state index contributed by atoms with van der Waals surface area (Å²) in [5, 5.41) is 20.5. The Hall–Kier alpha value is -3.93. The molecule has 5 nitrogen and oxygen atoms in total. The molecule has 1 heterocycles. The van der Waals surface area contributed by atoms with Gasteiger partial charge in [0.2, 0.25) is 0 Å². The summed E-state index contributed by atoms with van der Waals surface area (Å²) in [7, 11) is 0. The number of rotatable bonds is 3. The highest BCUT2D eigenvalue weighted by molar-refractivity contribution is 6.51. The van der Waals surface area contributed by atoms with Crippen molar-refractivity contribution in [3.8, 4) is 5.75 Å². The molecule has 6 heteroatoms. The van der Waals surface area contributed by atoms with E-state index in [-0.39, 0.29) is 17.1 Å². The Morgan fingerprint density at radius 3 is 2.10 bits per heavy atom. The van der Waals surface area contributed by atoms with E-state index < -0.39 is 23.5 Å². The van der Waals surface area contributed by atoms with Gasteiger partial charge in [-0.25, -0.2) is 4.39 Å². The van der Waals surface area contributed by atoms with Crippen molar-refractivity contribution in [2.45, 2.75) is 13.0 Å². The average molecular weight is 403 g/mol. The number of ketones is 1. The monoisotopic (exact) mass is 403 g/mol. The number of carbonyl (C=O) groups is 2. The average Bonchev–Trinajstić information content (AvgIpc) is 3.00. The Balaban J connectivity index is 1.93. The lowest BCUT2D eigenvalue weighted by Gasteiger charge is -2.25. The zero-order valence-corrected chi connectivity index (χ0v) is 16.0. The van der Waals surface area contributed by atoms with E-state index in [1.165, 1.54) is 53.4 Å². The summed E-state index contributed by atoms with van der Waals surface area (Å²) >= 11 is 0. The van der Waals surface area contributed by atoms with Gasteiger partial charge in [-0.1, -0.05) is 42.0 Å². The van der Waals surface area contributed by atoms with Crippen molar-refractivity contribution >= 4 is 23.1 Å². The molecule has 1 aliphatic heterocycles. The maximum atomic E-state index is 13.5. The Morgan fingerprint density at radius 1 is 0.900 bits per heavy atom. The number of phenols is 1. The van der Waals surface area contributed by atoms with E-state index in [1.807, 2.05) is 6.92 Å². The van der Waals surface area contributed by atoms with Crippen LogP contribution in [0.15, 0.2) is 78.4 Å². The summed E-state index contributed by atoms with van der Waals surface area (Å²) in [4.78, 5) is 27.1. The van der Waals surface area contributed by atoms with Gasteiger partial charge >= 0.3 is 0 Å². The molecule has 0 spiro atoms. The number of Topliss-reactive ketones (excluding diaryl/α,β-unsaturated/α-hetero) is 1. The fourth-order valence-corrected chi connectivity index (χ4v) is 3.54. The van der Waals surface area contributed by atoms with E-state index in [4.69, 9.17) is 0 Å². The third-order valence-corrected chi connectivity index (χ3v) is 5.08. The third-order valence-electron chi connectivity index (χ3n) is 5.08. The zero-order valence-electron chi connectivity index (χ0n) is 16.0. The zero-order chi connectivity index (χ0) is 21.4. The van der Waals surface area contributed by atoms with Gasteiger partial charge in [0.05, 0.1) is 11.6 Å². The number of aliphatic hydroxyl groups is 1. The Labute approximate surface area is 172 Å². The minimum atomic E-state index is -0.948. The van der Waals surface area contributed by atoms with Gasteiger partial charge in [0, 0.05) is 11.3 Å². The second-order valence-electron chi connectivity index (χ2n) is 7.10. The van der Waals surface area contributed by atoms with E-state index in [0.717, 1.165) is 5.56 Å². The van der Waals surface area contributed by atoms with Crippen LogP contribution in [-0.4, -0.2) is 21.9 Å². The van der Waals surface area contributed by atoms with Gasteiger partial charge in [-0.3, -0.25) is 14.5 Å². The molecule has 1 amide bonds. The van der Waals surface area contributed by atoms with Crippen molar-refractivity contribution in [2.24, 2.45) is 0 Å². The van der Waals surface area contributed by atoms with Gasteiger partial charge in [0.25, 0.3) is 11.7 Å². The number of aryl methyl sites for hydroxylation is 1. The van der Waals surface area contributed by atoms with E-state index in [9.17, 15) is 24.2 Å². The van der Waals surface area contributed by atoms with Crippen LogP contribution in [-0.2, 0) is 9.59 Å². The molecule has 3 aromatic rings. The van der Waals surface area contributed by atoms with Crippen molar-refractivity contribution in [2.75, 3.05) is 4.90 Å². The lowest BCUT2D eigenvalue weighted by molar-refractivity contribution is -0.132. The number of benzene rings is 3. The summed E-state index contributed by atoms with van der Waals surface area (Å²) in [6.07, 6.45) is 0. The highest BCUT2D eigenvalue weighted by Gasteiger charge is 2.46. The summed E-state index contributed by atoms with van der Waals surface area (Å²) in [5.41, 5.74) is 2.13. The van der Waals surface area contributed by atoms with E-state index in [1.54, 1.807) is 24.3 Å². The van der Waals surface area contributed by atoms with Crippen LogP contribution in [0.25, 0.3) is 5.76 Å². The smallest absolute Gasteiger partial charge is 0.300 e. The predicted molar refractivity (Wildman–Crippen MR) is 110 cm³/mol. The predicted octanol–water partition coefficient (Wildman–Crippen LogP) is 4.47. The van der Waals surface area contributed by atoms with Crippen molar-refractivity contribution < 1.29 is 24.2 Å². The number of hydrogen-bond donors (Lipinski definition) is 2. The van der Waals surface area contributed by atoms with Crippen LogP contribution in [0.3, 0.4) is 0 Å². The molecular weight excluding hydrogens is 385 g/mol. The first-order valence-electron chi connectivity index (χ1n) is 9.29. The second kappa shape index (κ2) is 7.48. The first-order valence-corrected chi connectivity index (χ1v) is 9.29. The van der Waals surface area contributed by atoms with Crippen LogP contribution in [0, 0.1) is 12.7 Å². The van der Waals surface area contributed by atoms with Crippen LogP contribution >= 0.6 is 0 Å². The SMILES string of the molecule is Cc1ccc(C(O)=C2C(=O)C(=O)N(c3ccc(O)cc3)C2c2ccc(F)cc2)cc1. The topological polar surface area (TPSA) is 77.8 Å². The van der Waals surface area contributed by atoms with E-state index >= 15 is 0 Å². The quantitative estimate of drug-likeness (QED) is 0.384. The molecule has 30 heavy (non-hydrogen) atoms. The second-order valence-corrected chi connectivity index (χ2v) is 7.10. The number of amides is 1. The molecule has 1 aliphatic rings. The first kappa shape index (κ1) is 19.4.